The first-order chi connectivity index (χ1) is 14.6. The number of ether oxygens (including phenoxy) is 2. The molecule has 0 bridgehead atoms. The van der Waals surface area contributed by atoms with Gasteiger partial charge < -0.3 is 25.1 Å². The van der Waals surface area contributed by atoms with Gasteiger partial charge in [0.15, 0.2) is 0 Å². The standard InChI is InChI=1S/C22H19ClN4O3/c1-29-15-4-6-19(30-2)18(12-15)26-22(28)27-21-16-11-14(23)3-5-17(16)25-20(21)13-7-9-24-10-8-13/h3-12,25H,1-2H3,(H2,26,27,28). The molecule has 30 heavy (non-hydrogen) atoms. The highest BCUT2D eigenvalue weighted by Gasteiger charge is 2.17. The Labute approximate surface area is 178 Å². The summed E-state index contributed by atoms with van der Waals surface area (Å²) in [5.74, 6) is 1.12. The Bertz CT molecular complexity index is 1210. The zero-order chi connectivity index (χ0) is 21.1. The number of H-pyrrole nitrogens is 1. The summed E-state index contributed by atoms with van der Waals surface area (Å²) in [5, 5.41) is 7.12. The molecule has 0 unspecified atom stereocenters. The van der Waals surface area contributed by atoms with Crippen molar-refractivity contribution in [1.82, 2.24) is 9.97 Å². The average molecular weight is 423 g/mol. The van der Waals surface area contributed by atoms with E-state index >= 15 is 0 Å². The van der Waals surface area contributed by atoms with Crippen LogP contribution in [0.25, 0.3) is 22.2 Å². The van der Waals surface area contributed by atoms with Gasteiger partial charge in [0.1, 0.15) is 11.5 Å². The third kappa shape index (κ3) is 3.88. The summed E-state index contributed by atoms with van der Waals surface area (Å²) in [6, 6.07) is 13.9. The largest absolute Gasteiger partial charge is 0.497 e. The minimum atomic E-state index is -0.433. The van der Waals surface area contributed by atoms with E-state index in [0.717, 1.165) is 22.2 Å². The molecule has 4 aromatic rings. The average Bonchev–Trinajstić information content (AvgIpc) is 3.11. The van der Waals surface area contributed by atoms with E-state index < -0.39 is 6.03 Å². The molecule has 2 heterocycles. The topological polar surface area (TPSA) is 88.3 Å². The van der Waals surface area contributed by atoms with Crippen LogP contribution in [0.4, 0.5) is 16.2 Å². The fourth-order valence-electron chi connectivity index (χ4n) is 3.21. The summed E-state index contributed by atoms with van der Waals surface area (Å²) in [5.41, 5.74) is 3.57. The van der Waals surface area contributed by atoms with Gasteiger partial charge in [-0.2, -0.15) is 0 Å². The van der Waals surface area contributed by atoms with Crippen LogP contribution in [0.15, 0.2) is 60.9 Å². The third-order valence-corrected chi connectivity index (χ3v) is 4.86. The van der Waals surface area contributed by atoms with Crippen LogP contribution in [0, 0.1) is 0 Å². The van der Waals surface area contributed by atoms with Crippen LogP contribution in [-0.2, 0) is 0 Å². The van der Waals surface area contributed by atoms with E-state index in [-0.39, 0.29) is 0 Å². The number of methoxy groups -OCH3 is 2. The Morgan fingerprint density at radius 2 is 1.80 bits per heavy atom. The lowest BCUT2D eigenvalue weighted by atomic mass is 10.1. The number of benzene rings is 2. The van der Waals surface area contributed by atoms with Gasteiger partial charge in [0.05, 0.1) is 31.3 Å². The second-order valence-corrected chi connectivity index (χ2v) is 6.88. The fraction of sp³-hybridized carbons (Fsp3) is 0.0909. The molecule has 8 heteroatoms. The number of amides is 2. The van der Waals surface area contributed by atoms with E-state index in [2.05, 4.69) is 20.6 Å². The predicted molar refractivity (Wildman–Crippen MR) is 119 cm³/mol. The zero-order valence-corrected chi connectivity index (χ0v) is 17.1. The normalized spacial score (nSPS) is 10.6. The molecule has 2 amide bonds. The SMILES string of the molecule is COc1ccc(OC)c(NC(=O)Nc2c(-c3ccncc3)[nH]c3ccc(Cl)cc23)c1. The Kier molecular flexibility index (Phi) is 5.45. The lowest BCUT2D eigenvalue weighted by molar-refractivity contribution is 0.262. The summed E-state index contributed by atoms with van der Waals surface area (Å²) in [6.45, 7) is 0. The van der Waals surface area contributed by atoms with E-state index in [0.29, 0.717) is 27.9 Å². The molecule has 152 valence electrons. The number of carbonyl (C=O) groups excluding carboxylic acids is 1. The van der Waals surface area contributed by atoms with Crippen molar-refractivity contribution in [2.45, 2.75) is 0 Å². The lowest BCUT2D eigenvalue weighted by Gasteiger charge is -2.13. The van der Waals surface area contributed by atoms with Crippen molar-refractivity contribution >= 4 is 39.9 Å². The van der Waals surface area contributed by atoms with Gasteiger partial charge in [0.25, 0.3) is 0 Å². The zero-order valence-electron chi connectivity index (χ0n) is 16.3. The van der Waals surface area contributed by atoms with Crippen molar-refractivity contribution in [1.29, 1.82) is 0 Å². The van der Waals surface area contributed by atoms with E-state index in [1.54, 1.807) is 49.8 Å². The highest BCUT2D eigenvalue weighted by atomic mass is 35.5. The van der Waals surface area contributed by atoms with Gasteiger partial charge in [-0.15, -0.1) is 0 Å². The van der Waals surface area contributed by atoms with Crippen LogP contribution >= 0.6 is 11.6 Å². The second-order valence-electron chi connectivity index (χ2n) is 6.45. The maximum atomic E-state index is 12.9. The minimum Gasteiger partial charge on any atom is -0.497 e. The Balaban J connectivity index is 1.71. The van der Waals surface area contributed by atoms with E-state index in [4.69, 9.17) is 21.1 Å². The molecule has 0 fully saturated rings. The number of fused-ring (bicyclic) bond motifs is 1. The third-order valence-electron chi connectivity index (χ3n) is 4.62. The van der Waals surface area contributed by atoms with Crippen molar-refractivity contribution in [3.05, 3.63) is 65.9 Å². The van der Waals surface area contributed by atoms with Crippen molar-refractivity contribution in [3.8, 4) is 22.8 Å². The number of aromatic nitrogens is 2. The Morgan fingerprint density at radius 3 is 2.53 bits per heavy atom. The number of halogens is 1. The molecule has 0 saturated heterocycles. The molecule has 3 N–H and O–H groups in total. The first kappa shape index (κ1) is 19.6. The number of nitrogens with zero attached hydrogens (tertiary/aromatic N) is 1. The second kappa shape index (κ2) is 8.34. The molecule has 0 radical (unpaired) electrons. The summed E-state index contributed by atoms with van der Waals surface area (Å²) < 4.78 is 10.6. The van der Waals surface area contributed by atoms with Crippen LogP contribution in [0.5, 0.6) is 11.5 Å². The summed E-state index contributed by atoms with van der Waals surface area (Å²) >= 11 is 6.20. The number of aromatic amines is 1. The number of carbonyl (C=O) groups is 1. The van der Waals surface area contributed by atoms with Gasteiger partial charge in [-0.25, -0.2) is 4.79 Å². The molecule has 2 aromatic heterocycles. The number of hydrogen-bond donors (Lipinski definition) is 3. The molecule has 0 aliphatic carbocycles. The van der Waals surface area contributed by atoms with Crippen LogP contribution in [0.1, 0.15) is 0 Å². The molecule has 0 atom stereocenters. The molecule has 0 spiro atoms. The molecule has 2 aromatic carbocycles. The highest BCUT2D eigenvalue weighted by Crippen LogP contribution is 2.36. The van der Waals surface area contributed by atoms with Gasteiger partial charge in [0, 0.05) is 39.9 Å². The predicted octanol–water partition coefficient (Wildman–Crippen LogP) is 5.54. The number of hydrogen-bond acceptors (Lipinski definition) is 4. The maximum absolute atomic E-state index is 12.9. The van der Waals surface area contributed by atoms with Gasteiger partial charge >= 0.3 is 6.03 Å². The summed E-state index contributed by atoms with van der Waals surface area (Å²) in [7, 11) is 3.09. The van der Waals surface area contributed by atoms with Crippen LogP contribution in [0.2, 0.25) is 5.02 Å². The van der Waals surface area contributed by atoms with Crippen LogP contribution < -0.4 is 20.1 Å². The monoisotopic (exact) mass is 422 g/mol. The maximum Gasteiger partial charge on any atom is 0.323 e. The lowest BCUT2D eigenvalue weighted by Crippen LogP contribution is -2.20. The molecule has 4 rings (SSSR count). The van der Waals surface area contributed by atoms with Crippen molar-refractivity contribution in [3.63, 3.8) is 0 Å². The molecule has 7 nitrogen and oxygen atoms in total. The van der Waals surface area contributed by atoms with E-state index in [9.17, 15) is 4.79 Å². The Hall–Kier alpha value is -3.71. The molecule has 0 aliphatic rings. The number of anilines is 2. The van der Waals surface area contributed by atoms with Crippen molar-refractivity contribution < 1.29 is 14.3 Å². The smallest absolute Gasteiger partial charge is 0.323 e. The molecular formula is C22H19ClN4O3. The minimum absolute atomic E-state index is 0.433. The van der Waals surface area contributed by atoms with E-state index in [1.807, 2.05) is 18.2 Å². The van der Waals surface area contributed by atoms with Gasteiger partial charge in [-0.05, 0) is 42.5 Å². The van der Waals surface area contributed by atoms with Crippen LogP contribution in [-0.4, -0.2) is 30.2 Å². The van der Waals surface area contributed by atoms with Crippen molar-refractivity contribution in [2.75, 3.05) is 24.9 Å². The van der Waals surface area contributed by atoms with Crippen molar-refractivity contribution in [2.24, 2.45) is 0 Å². The number of rotatable bonds is 5. The first-order valence-corrected chi connectivity index (χ1v) is 9.48. The number of urea groups is 1. The fourth-order valence-corrected chi connectivity index (χ4v) is 3.38. The highest BCUT2D eigenvalue weighted by molar-refractivity contribution is 6.31. The van der Waals surface area contributed by atoms with E-state index in [1.165, 1.54) is 7.11 Å². The molecule has 0 aliphatic heterocycles. The molecular weight excluding hydrogens is 404 g/mol. The Morgan fingerprint density at radius 1 is 1.00 bits per heavy atom. The van der Waals surface area contributed by atoms with Gasteiger partial charge in [-0.1, -0.05) is 11.6 Å². The van der Waals surface area contributed by atoms with Gasteiger partial charge in [0.2, 0.25) is 0 Å². The quantitative estimate of drug-likeness (QED) is 0.393. The number of nitrogens with one attached hydrogen (secondary N) is 3. The first-order valence-electron chi connectivity index (χ1n) is 9.10. The molecule has 0 saturated carbocycles. The number of pyridine rings is 1. The summed E-state index contributed by atoms with van der Waals surface area (Å²) in [4.78, 5) is 20.3. The van der Waals surface area contributed by atoms with Crippen LogP contribution in [0.3, 0.4) is 0 Å². The summed E-state index contributed by atoms with van der Waals surface area (Å²) in [6.07, 6.45) is 3.39. The van der Waals surface area contributed by atoms with Gasteiger partial charge in [-0.3, -0.25) is 4.98 Å².